The maximum atomic E-state index is 12.4. The zero-order valence-corrected chi connectivity index (χ0v) is 11.2. The molecule has 0 saturated heterocycles. The van der Waals surface area contributed by atoms with Crippen molar-refractivity contribution in [3.05, 3.63) is 24.0 Å². The van der Waals surface area contributed by atoms with E-state index in [1.54, 1.807) is 18.3 Å². The van der Waals surface area contributed by atoms with E-state index in [9.17, 15) is 9.59 Å². The van der Waals surface area contributed by atoms with Crippen LogP contribution in [0, 0.1) is 5.92 Å². The standard InChI is InChI=1S/C14H20N2O3/c1-2-15(9-11-5-3-6-11)14(19)12-7-4-8-16(12)10-13(17)18/h4,7-8,11H,2-3,5-6,9-10H2,1H3,(H,17,18). The molecule has 2 rings (SSSR count). The van der Waals surface area contributed by atoms with Crippen LogP contribution < -0.4 is 0 Å². The van der Waals surface area contributed by atoms with Gasteiger partial charge in [0, 0.05) is 19.3 Å². The quantitative estimate of drug-likeness (QED) is 0.852. The Hall–Kier alpha value is -1.78. The number of carboxylic acids is 1. The maximum absolute atomic E-state index is 12.4. The molecule has 1 amide bonds. The van der Waals surface area contributed by atoms with Crippen molar-refractivity contribution in [3.63, 3.8) is 0 Å². The van der Waals surface area contributed by atoms with Crippen molar-refractivity contribution >= 4 is 11.9 Å². The van der Waals surface area contributed by atoms with Gasteiger partial charge in [0.05, 0.1) is 0 Å². The van der Waals surface area contributed by atoms with Gasteiger partial charge in [-0.15, -0.1) is 0 Å². The van der Waals surface area contributed by atoms with Gasteiger partial charge in [-0.1, -0.05) is 6.42 Å². The number of amides is 1. The predicted octanol–water partition coefficient (Wildman–Crippen LogP) is 1.83. The maximum Gasteiger partial charge on any atom is 0.323 e. The molecule has 1 fully saturated rings. The summed E-state index contributed by atoms with van der Waals surface area (Å²) in [7, 11) is 0. The van der Waals surface area contributed by atoms with Crippen molar-refractivity contribution < 1.29 is 14.7 Å². The molecule has 0 aliphatic heterocycles. The minimum atomic E-state index is -0.938. The molecule has 1 N–H and O–H groups in total. The SMILES string of the molecule is CCN(CC1CCC1)C(=O)c1cccn1CC(=O)O. The van der Waals surface area contributed by atoms with Crippen molar-refractivity contribution in [1.82, 2.24) is 9.47 Å². The highest BCUT2D eigenvalue weighted by atomic mass is 16.4. The summed E-state index contributed by atoms with van der Waals surface area (Å²) in [6.07, 6.45) is 5.28. The van der Waals surface area contributed by atoms with Gasteiger partial charge >= 0.3 is 5.97 Å². The summed E-state index contributed by atoms with van der Waals surface area (Å²) in [5, 5.41) is 8.83. The number of carbonyl (C=O) groups excluding carboxylic acids is 1. The van der Waals surface area contributed by atoms with Gasteiger partial charge in [-0.25, -0.2) is 0 Å². The Kier molecular flexibility index (Phi) is 4.24. The first-order valence-electron chi connectivity index (χ1n) is 6.78. The monoisotopic (exact) mass is 264 g/mol. The second-order valence-electron chi connectivity index (χ2n) is 5.06. The Morgan fingerprint density at radius 2 is 2.21 bits per heavy atom. The second kappa shape index (κ2) is 5.91. The fraction of sp³-hybridized carbons (Fsp3) is 0.571. The van der Waals surface area contributed by atoms with E-state index in [-0.39, 0.29) is 12.5 Å². The lowest BCUT2D eigenvalue weighted by molar-refractivity contribution is -0.137. The number of hydrogen-bond acceptors (Lipinski definition) is 2. The Morgan fingerprint density at radius 3 is 2.74 bits per heavy atom. The predicted molar refractivity (Wildman–Crippen MR) is 71.0 cm³/mol. The van der Waals surface area contributed by atoms with Gasteiger partial charge in [-0.3, -0.25) is 9.59 Å². The Bertz CT molecular complexity index is 463. The summed E-state index contributed by atoms with van der Waals surface area (Å²) in [5.74, 6) is -0.389. The molecule has 5 heteroatoms. The lowest BCUT2D eigenvalue weighted by atomic mass is 9.85. The van der Waals surface area contributed by atoms with Crippen molar-refractivity contribution in [3.8, 4) is 0 Å². The smallest absolute Gasteiger partial charge is 0.323 e. The molecule has 0 aromatic carbocycles. The third-order valence-corrected chi connectivity index (χ3v) is 3.73. The van der Waals surface area contributed by atoms with Gasteiger partial charge in [0.25, 0.3) is 5.91 Å². The zero-order valence-electron chi connectivity index (χ0n) is 11.2. The van der Waals surface area contributed by atoms with Crippen molar-refractivity contribution in [2.75, 3.05) is 13.1 Å². The molecule has 19 heavy (non-hydrogen) atoms. The molecule has 1 heterocycles. The van der Waals surface area contributed by atoms with Crippen LogP contribution >= 0.6 is 0 Å². The van der Waals surface area contributed by atoms with Gasteiger partial charge in [-0.2, -0.15) is 0 Å². The van der Waals surface area contributed by atoms with Gasteiger partial charge < -0.3 is 14.6 Å². The summed E-state index contributed by atoms with van der Waals surface area (Å²) in [4.78, 5) is 25.0. The van der Waals surface area contributed by atoms with Crippen LogP contribution in [0.2, 0.25) is 0 Å². The second-order valence-corrected chi connectivity index (χ2v) is 5.06. The number of rotatable bonds is 6. The van der Waals surface area contributed by atoms with E-state index in [4.69, 9.17) is 5.11 Å². The molecule has 0 bridgehead atoms. The van der Waals surface area contributed by atoms with Crippen molar-refractivity contribution in [2.45, 2.75) is 32.7 Å². The fourth-order valence-corrected chi connectivity index (χ4v) is 2.40. The molecule has 1 aromatic heterocycles. The van der Waals surface area contributed by atoms with Crippen LogP contribution in [-0.2, 0) is 11.3 Å². The van der Waals surface area contributed by atoms with Gasteiger partial charge in [0.1, 0.15) is 12.2 Å². The molecule has 0 spiro atoms. The van der Waals surface area contributed by atoms with Crippen molar-refractivity contribution in [2.24, 2.45) is 5.92 Å². The van der Waals surface area contributed by atoms with Crippen molar-refractivity contribution in [1.29, 1.82) is 0 Å². The number of nitrogens with zero attached hydrogens (tertiary/aromatic N) is 2. The molecule has 1 saturated carbocycles. The van der Waals surface area contributed by atoms with E-state index in [1.807, 2.05) is 11.8 Å². The summed E-state index contributed by atoms with van der Waals surface area (Å²) in [6.45, 7) is 3.23. The average molecular weight is 264 g/mol. The zero-order chi connectivity index (χ0) is 13.8. The molecule has 0 radical (unpaired) electrons. The van der Waals surface area contributed by atoms with Crippen LogP contribution in [0.15, 0.2) is 18.3 Å². The summed E-state index contributed by atoms with van der Waals surface area (Å²) >= 11 is 0. The largest absolute Gasteiger partial charge is 0.480 e. The molecule has 1 aliphatic rings. The number of carboxylic acid groups (broad SMARTS) is 1. The van der Waals surface area contributed by atoms with E-state index >= 15 is 0 Å². The molecule has 0 unspecified atom stereocenters. The van der Waals surface area contributed by atoms with Crippen LogP contribution in [0.1, 0.15) is 36.7 Å². The van der Waals surface area contributed by atoms with Crippen LogP contribution in [0.25, 0.3) is 0 Å². The van der Waals surface area contributed by atoms with Gasteiger partial charge in [0.2, 0.25) is 0 Å². The summed E-state index contributed by atoms with van der Waals surface area (Å²) in [6, 6.07) is 3.40. The Labute approximate surface area is 112 Å². The van der Waals surface area contributed by atoms with Crippen LogP contribution in [0.5, 0.6) is 0 Å². The molecular formula is C14H20N2O3. The van der Waals surface area contributed by atoms with E-state index in [0.717, 1.165) is 6.54 Å². The van der Waals surface area contributed by atoms with Crippen LogP contribution in [-0.4, -0.2) is 39.5 Å². The van der Waals surface area contributed by atoms with E-state index in [1.165, 1.54) is 23.8 Å². The molecule has 0 atom stereocenters. The number of hydrogen-bond donors (Lipinski definition) is 1. The van der Waals surface area contributed by atoms with Gasteiger partial charge in [-0.05, 0) is 37.8 Å². The van der Waals surface area contributed by atoms with E-state index < -0.39 is 5.97 Å². The summed E-state index contributed by atoms with van der Waals surface area (Å²) < 4.78 is 1.49. The molecular weight excluding hydrogens is 244 g/mol. The lowest BCUT2D eigenvalue weighted by Gasteiger charge is -2.31. The fourth-order valence-electron chi connectivity index (χ4n) is 2.40. The third-order valence-electron chi connectivity index (χ3n) is 3.73. The molecule has 1 aliphatic carbocycles. The normalized spacial score (nSPS) is 15.0. The van der Waals surface area contributed by atoms with Crippen LogP contribution in [0.3, 0.4) is 0 Å². The highest BCUT2D eigenvalue weighted by Crippen LogP contribution is 2.27. The Morgan fingerprint density at radius 1 is 1.47 bits per heavy atom. The summed E-state index contributed by atoms with van der Waals surface area (Å²) in [5.41, 5.74) is 0.462. The van der Waals surface area contributed by atoms with E-state index in [0.29, 0.717) is 18.2 Å². The van der Waals surface area contributed by atoms with Crippen LogP contribution in [0.4, 0.5) is 0 Å². The first kappa shape index (κ1) is 13.6. The first-order chi connectivity index (χ1) is 9.11. The number of aliphatic carboxylic acids is 1. The molecule has 104 valence electrons. The molecule has 1 aromatic rings. The lowest BCUT2D eigenvalue weighted by Crippen LogP contribution is -2.38. The molecule has 5 nitrogen and oxygen atoms in total. The highest BCUT2D eigenvalue weighted by Gasteiger charge is 2.24. The number of carbonyl (C=O) groups is 2. The third kappa shape index (κ3) is 3.16. The first-order valence-corrected chi connectivity index (χ1v) is 6.78. The topological polar surface area (TPSA) is 62.5 Å². The minimum absolute atomic E-state index is 0.0688. The number of aromatic nitrogens is 1. The minimum Gasteiger partial charge on any atom is -0.480 e. The average Bonchev–Trinajstić information content (AvgIpc) is 2.74. The Balaban J connectivity index is 2.07. The highest BCUT2D eigenvalue weighted by molar-refractivity contribution is 5.93. The van der Waals surface area contributed by atoms with E-state index in [2.05, 4.69) is 0 Å². The van der Waals surface area contributed by atoms with Gasteiger partial charge in [0.15, 0.2) is 0 Å².